The van der Waals surface area contributed by atoms with E-state index in [4.69, 9.17) is 9.47 Å². The van der Waals surface area contributed by atoms with Crippen LogP contribution < -0.4 is 4.74 Å². The van der Waals surface area contributed by atoms with E-state index >= 15 is 0 Å². The molecule has 0 radical (unpaired) electrons. The lowest BCUT2D eigenvalue weighted by atomic mass is 10.0. The van der Waals surface area contributed by atoms with E-state index in [-0.39, 0.29) is 12.6 Å². The Bertz CT molecular complexity index is 561. The van der Waals surface area contributed by atoms with Gasteiger partial charge in [-0.2, -0.15) is 0 Å². The van der Waals surface area contributed by atoms with Crippen LogP contribution >= 0.6 is 0 Å². The maximum atomic E-state index is 11.7. The van der Waals surface area contributed by atoms with Crippen molar-refractivity contribution in [2.75, 3.05) is 13.4 Å². The van der Waals surface area contributed by atoms with Crippen LogP contribution in [0.25, 0.3) is 10.8 Å². The first-order valence-corrected chi connectivity index (χ1v) is 5.96. The van der Waals surface area contributed by atoms with Crippen LogP contribution in [-0.2, 0) is 4.74 Å². The first kappa shape index (κ1) is 12.6. The van der Waals surface area contributed by atoms with E-state index < -0.39 is 0 Å². The van der Waals surface area contributed by atoms with Crippen LogP contribution in [0.5, 0.6) is 5.75 Å². The van der Waals surface area contributed by atoms with Crippen LogP contribution in [-0.4, -0.2) is 19.2 Å². The average molecular weight is 244 g/mol. The fourth-order valence-electron chi connectivity index (χ4n) is 1.85. The van der Waals surface area contributed by atoms with Crippen molar-refractivity contribution in [1.82, 2.24) is 0 Å². The van der Waals surface area contributed by atoms with Gasteiger partial charge >= 0.3 is 0 Å². The SMILES string of the molecule is CCOCOc1cc(C(C)=O)c2ccccc2c1. The summed E-state index contributed by atoms with van der Waals surface area (Å²) in [5, 5.41) is 1.95. The Hall–Kier alpha value is -1.87. The van der Waals surface area contributed by atoms with Gasteiger partial charge in [0, 0.05) is 12.2 Å². The van der Waals surface area contributed by atoms with Crippen LogP contribution in [0.15, 0.2) is 36.4 Å². The summed E-state index contributed by atoms with van der Waals surface area (Å²) in [6, 6.07) is 11.5. The standard InChI is InChI=1S/C15H16O3/c1-3-17-10-18-13-8-12-6-4-5-7-14(12)15(9-13)11(2)16/h4-9H,3,10H2,1-2H3. The molecule has 3 heteroatoms. The molecule has 94 valence electrons. The van der Waals surface area contributed by atoms with Gasteiger partial charge in [0.1, 0.15) is 5.75 Å². The molecular formula is C15H16O3. The van der Waals surface area contributed by atoms with Crippen molar-refractivity contribution in [2.24, 2.45) is 0 Å². The summed E-state index contributed by atoms with van der Waals surface area (Å²) >= 11 is 0. The van der Waals surface area contributed by atoms with Gasteiger partial charge < -0.3 is 9.47 Å². The molecule has 2 aromatic rings. The van der Waals surface area contributed by atoms with E-state index in [1.807, 2.05) is 37.3 Å². The summed E-state index contributed by atoms with van der Waals surface area (Å²) < 4.78 is 10.6. The summed E-state index contributed by atoms with van der Waals surface area (Å²) in [6.07, 6.45) is 0. The van der Waals surface area contributed by atoms with Crippen molar-refractivity contribution in [3.05, 3.63) is 42.0 Å². The first-order chi connectivity index (χ1) is 8.72. The van der Waals surface area contributed by atoms with Crippen molar-refractivity contribution < 1.29 is 14.3 Å². The lowest BCUT2D eigenvalue weighted by Gasteiger charge is -2.10. The van der Waals surface area contributed by atoms with Crippen LogP contribution in [0, 0.1) is 0 Å². The maximum absolute atomic E-state index is 11.7. The number of benzene rings is 2. The third-order valence-corrected chi connectivity index (χ3v) is 2.73. The zero-order chi connectivity index (χ0) is 13.0. The quantitative estimate of drug-likeness (QED) is 0.459. The van der Waals surface area contributed by atoms with Crippen LogP contribution in [0.3, 0.4) is 0 Å². The van der Waals surface area contributed by atoms with Crippen molar-refractivity contribution >= 4 is 16.6 Å². The van der Waals surface area contributed by atoms with E-state index in [2.05, 4.69) is 0 Å². The third kappa shape index (κ3) is 2.68. The topological polar surface area (TPSA) is 35.5 Å². The molecule has 0 aromatic heterocycles. The lowest BCUT2D eigenvalue weighted by molar-refractivity contribution is 0.0224. The molecule has 0 amide bonds. The van der Waals surface area contributed by atoms with E-state index in [0.717, 1.165) is 10.8 Å². The predicted octanol–water partition coefficient (Wildman–Crippen LogP) is 3.42. The molecule has 0 aliphatic carbocycles. The fraction of sp³-hybridized carbons (Fsp3) is 0.267. The van der Waals surface area contributed by atoms with Gasteiger partial charge in [-0.25, -0.2) is 0 Å². The summed E-state index contributed by atoms with van der Waals surface area (Å²) in [5.41, 5.74) is 0.680. The molecule has 0 bridgehead atoms. The van der Waals surface area contributed by atoms with E-state index in [0.29, 0.717) is 17.9 Å². The van der Waals surface area contributed by atoms with Gasteiger partial charge in [-0.15, -0.1) is 0 Å². The van der Waals surface area contributed by atoms with Crippen molar-refractivity contribution in [3.8, 4) is 5.75 Å². The molecule has 0 atom stereocenters. The molecule has 0 aliphatic heterocycles. The van der Waals surface area contributed by atoms with Gasteiger partial charge in [-0.1, -0.05) is 24.3 Å². The van der Waals surface area contributed by atoms with Crippen molar-refractivity contribution in [3.63, 3.8) is 0 Å². The van der Waals surface area contributed by atoms with Crippen LogP contribution in [0.4, 0.5) is 0 Å². The molecule has 0 unspecified atom stereocenters. The summed E-state index contributed by atoms with van der Waals surface area (Å²) in [7, 11) is 0. The molecule has 0 N–H and O–H groups in total. The minimum atomic E-state index is 0.0352. The third-order valence-electron chi connectivity index (χ3n) is 2.73. The Balaban J connectivity index is 2.41. The summed E-state index contributed by atoms with van der Waals surface area (Å²) in [4.78, 5) is 11.7. The highest BCUT2D eigenvalue weighted by Gasteiger charge is 2.08. The Kier molecular flexibility index (Phi) is 3.95. The second-order valence-corrected chi connectivity index (χ2v) is 4.00. The molecule has 0 fully saturated rings. The van der Waals surface area contributed by atoms with Crippen LogP contribution in [0.1, 0.15) is 24.2 Å². The minimum Gasteiger partial charge on any atom is -0.468 e. The van der Waals surface area contributed by atoms with E-state index in [1.165, 1.54) is 0 Å². The highest BCUT2D eigenvalue weighted by molar-refractivity contribution is 6.07. The van der Waals surface area contributed by atoms with Gasteiger partial charge in [0.15, 0.2) is 12.6 Å². The molecule has 0 heterocycles. The molecule has 0 aliphatic rings. The second-order valence-electron chi connectivity index (χ2n) is 4.00. The number of Topliss-reactive ketones (excluding diaryl/α,β-unsaturated/α-hetero) is 1. The highest BCUT2D eigenvalue weighted by atomic mass is 16.7. The smallest absolute Gasteiger partial charge is 0.189 e. The van der Waals surface area contributed by atoms with Crippen LogP contribution in [0.2, 0.25) is 0 Å². The second kappa shape index (κ2) is 5.65. The largest absolute Gasteiger partial charge is 0.468 e. The number of ether oxygens (including phenoxy) is 2. The maximum Gasteiger partial charge on any atom is 0.189 e. The van der Waals surface area contributed by atoms with Gasteiger partial charge in [-0.05, 0) is 36.8 Å². The average Bonchev–Trinajstić information content (AvgIpc) is 2.38. The molecule has 0 saturated carbocycles. The van der Waals surface area contributed by atoms with Gasteiger partial charge in [0.25, 0.3) is 0 Å². The first-order valence-electron chi connectivity index (χ1n) is 5.96. The minimum absolute atomic E-state index is 0.0352. The lowest BCUT2D eigenvalue weighted by Crippen LogP contribution is -2.03. The van der Waals surface area contributed by atoms with E-state index in [9.17, 15) is 4.79 Å². The van der Waals surface area contributed by atoms with Crippen molar-refractivity contribution in [1.29, 1.82) is 0 Å². The molecule has 0 saturated heterocycles. The predicted molar refractivity (Wildman–Crippen MR) is 71.1 cm³/mol. The molecule has 2 aromatic carbocycles. The summed E-state index contributed by atoms with van der Waals surface area (Å²) in [6.45, 7) is 4.28. The van der Waals surface area contributed by atoms with Gasteiger partial charge in [-0.3, -0.25) is 4.79 Å². The number of carbonyl (C=O) groups excluding carboxylic acids is 1. The van der Waals surface area contributed by atoms with Gasteiger partial charge in [0.05, 0.1) is 0 Å². The molecular weight excluding hydrogens is 228 g/mol. The molecule has 0 spiro atoms. The highest BCUT2D eigenvalue weighted by Crippen LogP contribution is 2.25. The fourth-order valence-corrected chi connectivity index (χ4v) is 1.85. The Morgan fingerprint density at radius 3 is 2.72 bits per heavy atom. The number of hydrogen-bond donors (Lipinski definition) is 0. The molecule has 2 rings (SSSR count). The Labute approximate surface area is 106 Å². The zero-order valence-electron chi connectivity index (χ0n) is 10.6. The number of rotatable bonds is 5. The number of fused-ring (bicyclic) bond motifs is 1. The van der Waals surface area contributed by atoms with Gasteiger partial charge in [0.2, 0.25) is 0 Å². The Morgan fingerprint density at radius 2 is 2.00 bits per heavy atom. The number of carbonyl (C=O) groups is 1. The molecule has 18 heavy (non-hydrogen) atoms. The monoisotopic (exact) mass is 244 g/mol. The zero-order valence-corrected chi connectivity index (χ0v) is 10.6. The van der Waals surface area contributed by atoms with Crippen molar-refractivity contribution in [2.45, 2.75) is 13.8 Å². The normalized spacial score (nSPS) is 10.6. The van der Waals surface area contributed by atoms with E-state index in [1.54, 1.807) is 13.0 Å². The number of ketones is 1. The Morgan fingerprint density at radius 1 is 1.22 bits per heavy atom. The summed E-state index contributed by atoms with van der Waals surface area (Å²) in [5.74, 6) is 0.695. The number of hydrogen-bond acceptors (Lipinski definition) is 3. The molecule has 3 nitrogen and oxygen atoms in total.